The van der Waals surface area contributed by atoms with Crippen LogP contribution in [0.4, 0.5) is 0 Å². The zero-order valence-electron chi connectivity index (χ0n) is 8.78. The fraction of sp³-hybridized carbons (Fsp3) is 0.500. The van der Waals surface area contributed by atoms with Gasteiger partial charge in [0.1, 0.15) is 0 Å². The van der Waals surface area contributed by atoms with Crippen LogP contribution in [0.15, 0.2) is 35.5 Å². The molecule has 0 aliphatic heterocycles. The molecule has 0 saturated carbocycles. The number of hydrogen-bond donors (Lipinski definition) is 0. The Morgan fingerprint density at radius 2 is 1.75 bits per heavy atom. The molecule has 0 saturated heterocycles. The number of hydrogen-bond acceptors (Lipinski definition) is 0. The van der Waals surface area contributed by atoms with E-state index in [1.165, 1.54) is 16.7 Å². The maximum absolute atomic E-state index is 3.73. The van der Waals surface area contributed by atoms with Crippen LogP contribution >= 0.6 is 0 Å². The molecule has 0 aliphatic rings. The molecule has 0 atom stereocenters. The summed E-state index contributed by atoms with van der Waals surface area (Å²) in [6.45, 7) is 12.4. The Morgan fingerprint density at radius 3 is 2.17 bits per heavy atom. The van der Waals surface area contributed by atoms with Crippen LogP contribution in [0, 0.1) is 0 Å². The molecule has 0 aromatic carbocycles. The molecular formula is C12H20. The molecule has 0 aromatic rings. The largest absolute Gasteiger partial charge is 0.103 e. The van der Waals surface area contributed by atoms with Crippen molar-refractivity contribution in [2.45, 2.75) is 40.5 Å². The van der Waals surface area contributed by atoms with Crippen LogP contribution in [0.1, 0.15) is 40.5 Å². The van der Waals surface area contributed by atoms with Gasteiger partial charge in [-0.2, -0.15) is 0 Å². The third-order valence-corrected chi connectivity index (χ3v) is 2.22. The van der Waals surface area contributed by atoms with Crippen LogP contribution in [0.3, 0.4) is 0 Å². The predicted octanol–water partition coefficient (Wildman–Crippen LogP) is 4.26. The van der Waals surface area contributed by atoms with E-state index in [0.717, 1.165) is 12.8 Å². The molecular weight excluding hydrogens is 144 g/mol. The minimum absolute atomic E-state index is 1.02. The van der Waals surface area contributed by atoms with Gasteiger partial charge in [-0.3, -0.25) is 0 Å². The first-order valence-electron chi connectivity index (χ1n) is 4.49. The van der Waals surface area contributed by atoms with Crippen LogP contribution in [0.5, 0.6) is 0 Å². The first-order valence-corrected chi connectivity index (χ1v) is 4.49. The molecule has 68 valence electrons. The van der Waals surface area contributed by atoms with E-state index < -0.39 is 0 Å². The van der Waals surface area contributed by atoms with Gasteiger partial charge in [-0.15, -0.1) is 6.58 Å². The molecule has 0 heteroatoms. The molecule has 0 spiro atoms. The van der Waals surface area contributed by atoms with Gasteiger partial charge in [0, 0.05) is 0 Å². The summed E-state index contributed by atoms with van der Waals surface area (Å²) in [7, 11) is 0. The zero-order valence-corrected chi connectivity index (χ0v) is 8.78. The highest BCUT2D eigenvalue weighted by atomic mass is 14.0. The summed E-state index contributed by atoms with van der Waals surface area (Å²) in [5, 5.41) is 0. The molecule has 0 bridgehead atoms. The maximum Gasteiger partial charge on any atom is -0.0111 e. The summed E-state index contributed by atoms with van der Waals surface area (Å²) in [6, 6.07) is 0. The third-order valence-electron chi connectivity index (χ3n) is 2.22. The fourth-order valence-electron chi connectivity index (χ4n) is 1.06. The lowest BCUT2D eigenvalue weighted by molar-refractivity contribution is 1.03. The quantitative estimate of drug-likeness (QED) is 0.545. The second-order valence-electron chi connectivity index (χ2n) is 3.37. The summed E-state index contributed by atoms with van der Waals surface area (Å²) < 4.78 is 0. The summed E-state index contributed by atoms with van der Waals surface area (Å²) in [5.41, 5.74) is 4.37. The topological polar surface area (TPSA) is 0 Å². The van der Waals surface area contributed by atoms with Crippen molar-refractivity contribution in [3.8, 4) is 0 Å². The Balaban J connectivity index is 4.25. The molecule has 0 rings (SSSR count). The van der Waals surface area contributed by atoms with Crippen molar-refractivity contribution in [3.63, 3.8) is 0 Å². The molecule has 12 heavy (non-hydrogen) atoms. The van der Waals surface area contributed by atoms with Crippen LogP contribution < -0.4 is 0 Å². The highest BCUT2D eigenvalue weighted by Crippen LogP contribution is 2.16. The Hall–Kier alpha value is -0.780. The van der Waals surface area contributed by atoms with Gasteiger partial charge < -0.3 is 0 Å². The first kappa shape index (κ1) is 11.2. The lowest BCUT2D eigenvalue weighted by Crippen LogP contribution is -1.85. The van der Waals surface area contributed by atoms with E-state index in [1.807, 2.05) is 6.08 Å². The summed E-state index contributed by atoms with van der Waals surface area (Å²) in [5.74, 6) is 0. The first-order chi connectivity index (χ1) is 5.61. The van der Waals surface area contributed by atoms with Gasteiger partial charge in [0.15, 0.2) is 0 Å². The van der Waals surface area contributed by atoms with E-state index in [2.05, 4.69) is 40.3 Å². The molecule has 0 N–H and O–H groups in total. The minimum atomic E-state index is 1.02. The van der Waals surface area contributed by atoms with Crippen LogP contribution in [0.25, 0.3) is 0 Å². The zero-order chi connectivity index (χ0) is 9.56. The average molecular weight is 164 g/mol. The van der Waals surface area contributed by atoms with E-state index in [9.17, 15) is 0 Å². The number of rotatable bonds is 4. The molecule has 0 aliphatic carbocycles. The average Bonchev–Trinajstić information content (AvgIpc) is 2.04. The Kier molecular flexibility index (Phi) is 5.44. The van der Waals surface area contributed by atoms with Gasteiger partial charge in [0.25, 0.3) is 0 Å². The Labute approximate surface area is 76.7 Å². The molecule has 0 unspecified atom stereocenters. The SMILES string of the molecule is C=CCC(C)=C(C)CC(C)=CC. The Morgan fingerprint density at radius 1 is 1.17 bits per heavy atom. The van der Waals surface area contributed by atoms with Gasteiger partial charge in [-0.25, -0.2) is 0 Å². The molecule has 0 radical (unpaired) electrons. The smallest absolute Gasteiger partial charge is 0.0111 e. The summed E-state index contributed by atoms with van der Waals surface area (Å²) in [4.78, 5) is 0. The third kappa shape index (κ3) is 4.17. The van der Waals surface area contributed by atoms with Crippen molar-refractivity contribution < 1.29 is 0 Å². The number of allylic oxidation sites excluding steroid dienone is 5. The molecule has 0 aromatic heterocycles. The monoisotopic (exact) mass is 164 g/mol. The second-order valence-corrected chi connectivity index (χ2v) is 3.37. The van der Waals surface area contributed by atoms with Gasteiger partial charge in [-0.05, 0) is 40.5 Å². The normalized spacial score (nSPS) is 14.2. The second kappa shape index (κ2) is 5.82. The van der Waals surface area contributed by atoms with Crippen molar-refractivity contribution in [3.05, 3.63) is 35.5 Å². The standard InChI is InChI=1S/C12H20/c1-6-8-11(4)12(5)9-10(3)7-2/h6-7H,1,8-9H2,2-5H3. The Bertz CT molecular complexity index is 204. The van der Waals surface area contributed by atoms with E-state index in [1.54, 1.807) is 0 Å². The van der Waals surface area contributed by atoms with Crippen molar-refractivity contribution in [1.82, 2.24) is 0 Å². The fourth-order valence-corrected chi connectivity index (χ4v) is 1.06. The van der Waals surface area contributed by atoms with E-state index in [-0.39, 0.29) is 0 Å². The molecule has 0 nitrogen and oxygen atoms in total. The van der Waals surface area contributed by atoms with Crippen molar-refractivity contribution in [1.29, 1.82) is 0 Å². The van der Waals surface area contributed by atoms with Gasteiger partial charge >= 0.3 is 0 Å². The van der Waals surface area contributed by atoms with Crippen molar-refractivity contribution >= 4 is 0 Å². The highest BCUT2D eigenvalue weighted by Gasteiger charge is 1.95. The molecule has 0 fully saturated rings. The lowest BCUT2D eigenvalue weighted by Gasteiger charge is -2.05. The van der Waals surface area contributed by atoms with Gasteiger partial charge in [-0.1, -0.05) is 28.9 Å². The van der Waals surface area contributed by atoms with Crippen molar-refractivity contribution in [2.24, 2.45) is 0 Å². The lowest BCUT2D eigenvalue weighted by atomic mass is 10.0. The molecule has 0 heterocycles. The van der Waals surface area contributed by atoms with Crippen LogP contribution in [0.2, 0.25) is 0 Å². The van der Waals surface area contributed by atoms with Crippen LogP contribution in [-0.4, -0.2) is 0 Å². The highest BCUT2D eigenvalue weighted by molar-refractivity contribution is 5.18. The predicted molar refractivity (Wildman–Crippen MR) is 57.2 cm³/mol. The van der Waals surface area contributed by atoms with Gasteiger partial charge in [0.05, 0.1) is 0 Å². The van der Waals surface area contributed by atoms with Crippen LogP contribution in [-0.2, 0) is 0 Å². The van der Waals surface area contributed by atoms with E-state index in [0.29, 0.717) is 0 Å². The summed E-state index contributed by atoms with van der Waals surface area (Å²) in [6.07, 6.45) is 6.26. The van der Waals surface area contributed by atoms with E-state index in [4.69, 9.17) is 0 Å². The van der Waals surface area contributed by atoms with E-state index >= 15 is 0 Å². The molecule has 0 amide bonds. The minimum Gasteiger partial charge on any atom is -0.103 e. The van der Waals surface area contributed by atoms with Gasteiger partial charge in [0.2, 0.25) is 0 Å². The maximum atomic E-state index is 3.73. The van der Waals surface area contributed by atoms with Crippen molar-refractivity contribution in [2.75, 3.05) is 0 Å². The summed E-state index contributed by atoms with van der Waals surface area (Å²) >= 11 is 0.